The van der Waals surface area contributed by atoms with Gasteiger partial charge in [0.1, 0.15) is 6.67 Å². The summed E-state index contributed by atoms with van der Waals surface area (Å²) in [6.07, 6.45) is 0. The molecule has 0 unspecified atom stereocenters. The van der Waals surface area contributed by atoms with E-state index in [-0.39, 0.29) is 0 Å². The summed E-state index contributed by atoms with van der Waals surface area (Å²) in [5.74, 6) is 0. The molecule has 1 heterocycles. The van der Waals surface area contributed by atoms with Gasteiger partial charge in [-0.05, 0) is 6.07 Å². The fraction of sp³-hybridized carbons (Fsp3) is 0.100. The third-order valence-electron chi connectivity index (χ3n) is 1.84. The molecule has 0 saturated carbocycles. The largest absolute Gasteiger partial charge is 0.279 e. The molecule has 2 nitrogen and oxygen atoms in total. The van der Waals surface area contributed by atoms with Crippen molar-refractivity contribution in [3.8, 4) is 11.3 Å². The Hall–Kier alpha value is -1.64. The fourth-order valence-corrected chi connectivity index (χ4v) is 1.19. The minimum absolute atomic E-state index is 0.500. The highest BCUT2D eigenvalue weighted by atomic mass is 19.1. The molecule has 0 aliphatic rings. The third kappa shape index (κ3) is 1.59. The molecule has 1 N–H and O–H groups in total. The lowest BCUT2D eigenvalue weighted by Crippen LogP contribution is -1.76. The van der Waals surface area contributed by atoms with E-state index in [9.17, 15) is 4.39 Å². The molecule has 0 amide bonds. The first-order chi connectivity index (χ1) is 6.40. The van der Waals surface area contributed by atoms with Crippen molar-refractivity contribution in [2.24, 2.45) is 0 Å². The van der Waals surface area contributed by atoms with Crippen molar-refractivity contribution in [1.29, 1.82) is 0 Å². The molecular formula is C10H9FN2. The number of rotatable bonds is 2. The Bertz CT molecular complexity index is 381. The molecule has 0 atom stereocenters. The molecule has 2 rings (SSSR count). The van der Waals surface area contributed by atoms with E-state index in [1.165, 1.54) is 0 Å². The van der Waals surface area contributed by atoms with Gasteiger partial charge in [0.15, 0.2) is 0 Å². The van der Waals surface area contributed by atoms with Crippen molar-refractivity contribution < 1.29 is 4.39 Å². The van der Waals surface area contributed by atoms with Crippen LogP contribution in [0.25, 0.3) is 11.3 Å². The zero-order valence-electron chi connectivity index (χ0n) is 7.00. The topological polar surface area (TPSA) is 28.7 Å². The van der Waals surface area contributed by atoms with Gasteiger partial charge in [0, 0.05) is 5.56 Å². The normalized spacial score (nSPS) is 10.2. The molecule has 13 heavy (non-hydrogen) atoms. The number of H-pyrrole nitrogens is 1. The number of nitrogens with zero attached hydrogens (tertiary/aromatic N) is 1. The molecule has 0 bridgehead atoms. The second-order valence-electron chi connectivity index (χ2n) is 2.78. The van der Waals surface area contributed by atoms with Gasteiger partial charge in [-0.1, -0.05) is 30.3 Å². The van der Waals surface area contributed by atoms with Crippen LogP contribution in [0, 0.1) is 0 Å². The van der Waals surface area contributed by atoms with Crippen molar-refractivity contribution in [3.63, 3.8) is 0 Å². The van der Waals surface area contributed by atoms with E-state index in [2.05, 4.69) is 10.2 Å². The quantitative estimate of drug-likeness (QED) is 0.748. The maximum Gasteiger partial charge on any atom is 0.131 e. The highest BCUT2D eigenvalue weighted by Crippen LogP contribution is 2.16. The average molecular weight is 176 g/mol. The van der Waals surface area contributed by atoms with Crippen molar-refractivity contribution >= 4 is 0 Å². The maximum atomic E-state index is 12.2. The van der Waals surface area contributed by atoms with Crippen LogP contribution in [0.1, 0.15) is 5.69 Å². The summed E-state index contributed by atoms with van der Waals surface area (Å²) < 4.78 is 12.2. The van der Waals surface area contributed by atoms with Crippen molar-refractivity contribution in [1.82, 2.24) is 10.2 Å². The number of nitrogens with one attached hydrogen (secondary N) is 1. The van der Waals surface area contributed by atoms with E-state index in [1.54, 1.807) is 6.07 Å². The number of hydrogen-bond acceptors (Lipinski definition) is 1. The summed E-state index contributed by atoms with van der Waals surface area (Å²) in [6.45, 7) is -0.500. The lowest BCUT2D eigenvalue weighted by Gasteiger charge is -1.92. The van der Waals surface area contributed by atoms with Gasteiger partial charge in [-0.3, -0.25) is 5.10 Å². The Balaban J connectivity index is 2.36. The number of hydrogen-bond donors (Lipinski definition) is 1. The summed E-state index contributed by atoms with van der Waals surface area (Å²) >= 11 is 0. The molecule has 3 heteroatoms. The van der Waals surface area contributed by atoms with E-state index in [0.29, 0.717) is 5.69 Å². The van der Waals surface area contributed by atoms with Crippen LogP contribution in [-0.4, -0.2) is 10.2 Å². The van der Waals surface area contributed by atoms with E-state index < -0.39 is 6.67 Å². The van der Waals surface area contributed by atoms with E-state index in [4.69, 9.17) is 0 Å². The zero-order valence-corrected chi connectivity index (χ0v) is 7.00. The lowest BCUT2D eigenvalue weighted by molar-refractivity contribution is 0.475. The lowest BCUT2D eigenvalue weighted by atomic mass is 10.1. The Labute approximate surface area is 75.4 Å². The third-order valence-corrected chi connectivity index (χ3v) is 1.84. The van der Waals surface area contributed by atoms with E-state index in [1.807, 2.05) is 30.3 Å². The minimum atomic E-state index is -0.500. The number of benzene rings is 1. The molecule has 1 aromatic carbocycles. The van der Waals surface area contributed by atoms with Gasteiger partial charge in [0.2, 0.25) is 0 Å². The van der Waals surface area contributed by atoms with Crippen LogP contribution in [0.4, 0.5) is 4.39 Å². The standard InChI is InChI=1S/C10H9FN2/c11-7-9-6-10(13-12-9)8-4-2-1-3-5-8/h1-6H,7H2,(H,12,13). The molecule has 0 saturated heterocycles. The van der Waals surface area contributed by atoms with Gasteiger partial charge in [-0.15, -0.1) is 0 Å². The first-order valence-electron chi connectivity index (χ1n) is 4.06. The van der Waals surface area contributed by atoms with Crippen LogP contribution in [0.15, 0.2) is 36.4 Å². The molecule has 0 radical (unpaired) electrons. The van der Waals surface area contributed by atoms with Crippen molar-refractivity contribution in [2.45, 2.75) is 6.67 Å². The molecular weight excluding hydrogens is 167 g/mol. The number of halogens is 1. The van der Waals surface area contributed by atoms with Crippen molar-refractivity contribution in [2.75, 3.05) is 0 Å². The molecule has 0 aliphatic heterocycles. The fourth-order valence-electron chi connectivity index (χ4n) is 1.19. The second kappa shape index (κ2) is 3.39. The van der Waals surface area contributed by atoms with Crippen LogP contribution in [0.2, 0.25) is 0 Å². The Morgan fingerprint density at radius 3 is 2.62 bits per heavy atom. The summed E-state index contributed by atoms with van der Waals surface area (Å²) in [4.78, 5) is 0. The van der Waals surface area contributed by atoms with E-state index >= 15 is 0 Å². The molecule has 2 aromatic rings. The predicted octanol–water partition coefficient (Wildman–Crippen LogP) is 2.55. The predicted molar refractivity (Wildman–Crippen MR) is 48.8 cm³/mol. The van der Waals surface area contributed by atoms with Crippen LogP contribution in [-0.2, 0) is 6.67 Å². The smallest absolute Gasteiger partial charge is 0.131 e. The Kier molecular flexibility index (Phi) is 2.08. The number of alkyl halides is 1. The molecule has 1 aromatic heterocycles. The van der Waals surface area contributed by atoms with Gasteiger partial charge in [-0.25, -0.2) is 4.39 Å². The molecule has 0 aliphatic carbocycles. The molecule has 66 valence electrons. The summed E-state index contributed by atoms with van der Waals surface area (Å²) in [6, 6.07) is 11.4. The second-order valence-corrected chi connectivity index (χ2v) is 2.78. The maximum absolute atomic E-state index is 12.2. The number of aromatic amines is 1. The van der Waals surface area contributed by atoms with Crippen LogP contribution >= 0.6 is 0 Å². The van der Waals surface area contributed by atoms with Crippen LogP contribution < -0.4 is 0 Å². The summed E-state index contributed by atoms with van der Waals surface area (Å²) in [7, 11) is 0. The minimum Gasteiger partial charge on any atom is -0.279 e. The SMILES string of the molecule is FCc1cc(-c2ccccc2)n[nH]1. The zero-order chi connectivity index (χ0) is 9.10. The van der Waals surface area contributed by atoms with Crippen LogP contribution in [0.3, 0.4) is 0 Å². The monoisotopic (exact) mass is 176 g/mol. The van der Waals surface area contributed by atoms with Crippen molar-refractivity contribution in [3.05, 3.63) is 42.1 Å². The summed E-state index contributed by atoms with van der Waals surface area (Å²) in [5.41, 5.74) is 2.30. The average Bonchev–Trinajstić information content (AvgIpc) is 2.67. The highest BCUT2D eigenvalue weighted by molar-refractivity contribution is 5.58. The summed E-state index contributed by atoms with van der Waals surface area (Å²) in [5, 5.41) is 6.62. The van der Waals surface area contributed by atoms with Gasteiger partial charge in [0.05, 0.1) is 11.4 Å². The Morgan fingerprint density at radius 1 is 1.23 bits per heavy atom. The van der Waals surface area contributed by atoms with Gasteiger partial charge >= 0.3 is 0 Å². The first kappa shape index (κ1) is 7.98. The van der Waals surface area contributed by atoms with E-state index in [0.717, 1.165) is 11.3 Å². The van der Waals surface area contributed by atoms with Gasteiger partial charge in [0.25, 0.3) is 0 Å². The van der Waals surface area contributed by atoms with Gasteiger partial charge in [-0.2, -0.15) is 5.10 Å². The first-order valence-corrected chi connectivity index (χ1v) is 4.06. The Morgan fingerprint density at radius 2 is 2.00 bits per heavy atom. The number of aromatic nitrogens is 2. The highest BCUT2D eigenvalue weighted by Gasteiger charge is 2.01. The molecule has 0 spiro atoms. The molecule has 0 fully saturated rings. The van der Waals surface area contributed by atoms with Gasteiger partial charge < -0.3 is 0 Å². The van der Waals surface area contributed by atoms with Crippen LogP contribution in [0.5, 0.6) is 0 Å².